The van der Waals surface area contributed by atoms with Crippen LogP contribution in [0.3, 0.4) is 0 Å². The number of aryl methyl sites for hydroxylation is 3. The molecule has 3 aromatic rings. The summed E-state index contributed by atoms with van der Waals surface area (Å²) >= 11 is 1.51. The standard InChI is InChI=1S/C15H16N4OS/c1-4-19-9-8-11(17-19)14(20)16-15-18(3)13-10(2)6-5-7-12(13)21-15/h5-9H,4H2,1-3H3. The molecular weight excluding hydrogens is 284 g/mol. The Balaban J connectivity index is 2.09. The van der Waals surface area contributed by atoms with Crippen molar-refractivity contribution in [3.63, 3.8) is 0 Å². The number of thiazole rings is 1. The summed E-state index contributed by atoms with van der Waals surface area (Å²) in [6.07, 6.45) is 1.79. The van der Waals surface area contributed by atoms with Gasteiger partial charge in [0.05, 0.1) is 10.2 Å². The Hall–Kier alpha value is -2.21. The number of benzene rings is 1. The molecule has 2 aromatic heterocycles. The zero-order valence-corrected chi connectivity index (χ0v) is 13.0. The maximum Gasteiger partial charge on any atom is 0.300 e. The van der Waals surface area contributed by atoms with E-state index in [1.165, 1.54) is 16.9 Å². The lowest BCUT2D eigenvalue weighted by atomic mass is 10.2. The van der Waals surface area contributed by atoms with Crippen LogP contribution in [-0.4, -0.2) is 20.3 Å². The molecule has 0 saturated heterocycles. The number of hydrogen-bond acceptors (Lipinski definition) is 3. The Morgan fingerprint density at radius 3 is 2.86 bits per heavy atom. The van der Waals surface area contributed by atoms with Gasteiger partial charge in [0.25, 0.3) is 5.91 Å². The van der Waals surface area contributed by atoms with E-state index in [4.69, 9.17) is 0 Å². The molecule has 5 nitrogen and oxygen atoms in total. The second-order valence-electron chi connectivity index (χ2n) is 4.84. The van der Waals surface area contributed by atoms with Gasteiger partial charge < -0.3 is 4.57 Å². The SMILES string of the molecule is CCn1ccc(C(=O)N=c2sc3cccc(C)c3n2C)n1. The van der Waals surface area contributed by atoms with Crippen LogP contribution >= 0.6 is 11.3 Å². The van der Waals surface area contributed by atoms with Crippen LogP contribution in [-0.2, 0) is 13.6 Å². The number of carbonyl (C=O) groups is 1. The van der Waals surface area contributed by atoms with Crippen LogP contribution in [0.25, 0.3) is 10.2 Å². The average molecular weight is 300 g/mol. The molecule has 0 aliphatic carbocycles. The van der Waals surface area contributed by atoms with E-state index in [0.717, 1.165) is 16.8 Å². The molecule has 0 fully saturated rings. The highest BCUT2D eigenvalue weighted by Crippen LogP contribution is 2.19. The van der Waals surface area contributed by atoms with E-state index in [2.05, 4.69) is 23.1 Å². The number of carbonyl (C=O) groups excluding carboxylic acids is 1. The zero-order chi connectivity index (χ0) is 15.0. The fourth-order valence-corrected chi connectivity index (χ4v) is 3.40. The molecule has 6 heteroatoms. The lowest BCUT2D eigenvalue weighted by Crippen LogP contribution is -2.14. The van der Waals surface area contributed by atoms with Crippen molar-refractivity contribution in [2.45, 2.75) is 20.4 Å². The van der Waals surface area contributed by atoms with Crippen molar-refractivity contribution in [2.75, 3.05) is 0 Å². The second kappa shape index (κ2) is 5.29. The molecule has 0 radical (unpaired) electrons. The second-order valence-corrected chi connectivity index (χ2v) is 5.85. The maximum absolute atomic E-state index is 12.2. The lowest BCUT2D eigenvalue weighted by molar-refractivity contribution is 0.0992. The summed E-state index contributed by atoms with van der Waals surface area (Å²) in [4.78, 5) is 17.1. The normalized spacial score (nSPS) is 12.2. The van der Waals surface area contributed by atoms with Crippen LogP contribution < -0.4 is 4.80 Å². The minimum Gasteiger partial charge on any atom is -0.319 e. The molecule has 0 unspecified atom stereocenters. The predicted octanol–water partition coefficient (Wildman–Crippen LogP) is 2.51. The van der Waals surface area contributed by atoms with Gasteiger partial charge in [-0.1, -0.05) is 23.5 Å². The minimum absolute atomic E-state index is 0.304. The summed E-state index contributed by atoms with van der Waals surface area (Å²) in [5.41, 5.74) is 2.68. The van der Waals surface area contributed by atoms with Gasteiger partial charge in [-0.2, -0.15) is 10.1 Å². The van der Waals surface area contributed by atoms with Gasteiger partial charge in [-0.05, 0) is 31.5 Å². The Morgan fingerprint density at radius 1 is 1.38 bits per heavy atom. The van der Waals surface area contributed by atoms with Crippen molar-refractivity contribution in [3.05, 3.63) is 46.5 Å². The summed E-state index contributed by atoms with van der Waals surface area (Å²) in [7, 11) is 1.93. The van der Waals surface area contributed by atoms with Gasteiger partial charge in [-0.3, -0.25) is 9.48 Å². The summed E-state index contributed by atoms with van der Waals surface area (Å²) < 4.78 is 4.81. The van der Waals surface area contributed by atoms with Crippen LogP contribution in [0.4, 0.5) is 0 Å². The molecule has 0 bridgehead atoms. The molecule has 0 saturated carbocycles. The van der Waals surface area contributed by atoms with E-state index >= 15 is 0 Å². The van der Waals surface area contributed by atoms with E-state index in [9.17, 15) is 4.79 Å². The van der Waals surface area contributed by atoms with Crippen LogP contribution in [0, 0.1) is 6.92 Å². The van der Waals surface area contributed by atoms with Crippen molar-refractivity contribution in [1.82, 2.24) is 14.3 Å². The van der Waals surface area contributed by atoms with Gasteiger partial charge in [0.2, 0.25) is 0 Å². The largest absolute Gasteiger partial charge is 0.319 e. The first-order valence-corrected chi connectivity index (χ1v) is 7.59. The molecule has 0 atom stereocenters. The molecule has 2 heterocycles. The van der Waals surface area contributed by atoms with E-state index in [1.807, 2.05) is 30.7 Å². The van der Waals surface area contributed by atoms with Crippen LogP contribution in [0.5, 0.6) is 0 Å². The van der Waals surface area contributed by atoms with Crippen LogP contribution in [0.1, 0.15) is 23.0 Å². The molecule has 1 amide bonds. The number of fused-ring (bicyclic) bond motifs is 1. The lowest BCUT2D eigenvalue weighted by Gasteiger charge is -1.98. The summed E-state index contributed by atoms with van der Waals surface area (Å²) in [6.45, 7) is 4.78. The highest BCUT2D eigenvalue weighted by atomic mass is 32.1. The minimum atomic E-state index is -0.304. The van der Waals surface area contributed by atoms with Crippen molar-refractivity contribution >= 4 is 27.5 Å². The number of para-hydroxylation sites is 1. The van der Waals surface area contributed by atoms with Gasteiger partial charge in [-0.15, -0.1) is 0 Å². The molecule has 3 rings (SSSR count). The fourth-order valence-electron chi connectivity index (χ4n) is 2.30. The molecule has 1 aromatic carbocycles. The quantitative estimate of drug-likeness (QED) is 0.730. The molecule has 21 heavy (non-hydrogen) atoms. The van der Waals surface area contributed by atoms with E-state index in [-0.39, 0.29) is 5.91 Å². The Kier molecular flexibility index (Phi) is 3.47. The van der Waals surface area contributed by atoms with Crippen molar-refractivity contribution in [2.24, 2.45) is 12.0 Å². The van der Waals surface area contributed by atoms with Gasteiger partial charge in [-0.25, -0.2) is 0 Å². The van der Waals surface area contributed by atoms with Crippen molar-refractivity contribution in [3.8, 4) is 0 Å². The highest BCUT2D eigenvalue weighted by molar-refractivity contribution is 7.16. The summed E-state index contributed by atoms with van der Waals surface area (Å²) in [5.74, 6) is -0.304. The Bertz CT molecular complexity index is 885. The molecule has 0 aliphatic rings. The number of hydrogen-bond donors (Lipinski definition) is 0. The third kappa shape index (κ3) is 2.42. The number of amides is 1. The van der Waals surface area contributed by atoms with Gasteiger partial charge in [0, 0.05) is 19.8 Å². The monoisotopic (exact) mass is 300 g/mol. The molecule has 0 aliphatic heterocycles. The highest BCUT2D eigenvalue weighted by Gasteiger charge is 2.10. The third-order valence-corrected chi connectivity index (χ3v) is 4.50. The van der Waals surface area contributed by atoms with Crippen molar-refractivity contribution < 1.29 is 4.79 Å². The topological polar surface area (TPSA) is 52.2 Å². The molecule has 108 valence electrons. The zero-order valence-electron chi connectivity index (χ0n) is 12.2. The van der Waals surface area contributed by atoms with E-state index in [0.29, 0.717) is 10.5 Å². The smallest absolute Gasteiger partial charge is 0.300 e. The molecular formula is C15H16N4OS. The molecule has 0 N–H and O–H groups in total. The third-order valence-electron chi connectivity index (χ3n) is 3.41. The van der Waals surface area contributed by atoms with E-state index in [1.54, 1.807) is 16.9 Å². The van der Waals surface area contributed by atoms with Gasteiger partial charge in [0.15, 0.2) is 10.5 Å². The number of rotatable bonds is 2. The van der Waals surface area contributed by atoms with Crippen molar-refractivity contribution in [1.29, 1.82) is 0 Å². The first kappa shape index (κ1) is 13.8. The Labute approximate surface area is 126 Å². The number of nitrogens with zero attached hydrogens (tertiary/aromatic N) is 4. The molecule has 0 spiro atoms. The predicted molar refractivity (Wildman–Crippen MR) is 83.3 cm³/mol. The maximum atomic E-state index is 12.2. The average Bonchev–Trinajstić information content (AvgIpc) is 3.05. The fraction of sp³-hybridized carbons (Fsp3) is 0.267. The summed E-state index contributed by atoms with van der Waals surface area (Å²) in [5, 5.41) is 4.19. The first-order valence-electron chi connectivity index (χ1n) is 6.78. The van der Waals surface area contributed by atoms with Gasteiger partial charge in [0.1, 0.15) is 0 Å². The summed E-state index contributed by atoms with van der Waals surface area (Å²) in [6, 6.07) is 7.82. The first-order chi connectivity index (χ1) is 10.1. The van der Waals surface area contributed by atoms with Crippen LogP contribution in [0.2, 0.25) is 0 Å². The Morgan fingerprint density at radius 2 is 2.19 bits per heavy atom. The van der Waals surface area contributed by atoms with Crippen LogP contribution in [0.15, 0.2) is 35.5 Å². The number of aromatic nitrogens is 3. The van der Waals surface area contributed by atoms with E-state index < -0.39 is 0 Å². The van der Waals surface area contributed by atoms with Gasteiger partial charge >= 0.3 is 0 Å².